The smallest absolute Gasteiger partial charge is 0.270 e. The average Bonchev–Trinajstić information content (AvgIpc) is 3.33. The first-order chi connectivity index (χ1) is 18.0. The van der Waals surface area contributed by atoms with Gasteiger partial charge in [0.1, 0.15) is 11.9 Å². The Morgan fingerprint density at radius 3 is 2.53 bits per heavy atom. The van der Waals surface area contributed by atoms with Crippen molar-refractivity contribution in [3.8, 4) is 5.75 Å². The summed E-state index contributed by atoms with van der Waals surface area (Å²) in [4.78, 5) is 36.4. The van der Waals surface area contributed by atoms with Gasteiger partial charge in [-0.25, -0.2) is 8.42 Å². The quantitative estimate of drug-likeness (QED) is 0.196. The summed E-state index contributed by atoms with van der Waals surface area (Å²) < 4.78 is 36.5. The molecule has 2 heterocycles. The molecule has 204 valence electrons. The summed E-state index contributed by atoms with van der Waals surface area (Å²) in [7, 11) is -4.00. The maximum Gasteiger partial charge on any atom is 0.270 e. The second kappa shape index (κ2) is 12.5. The predicted molar refractivity (Wildman–Crippen MR) is 131 cm³/mol. The van der Waals surface area contributed by atoms with E-state index in [1.165, 1.54) is 12.1 Å². The van der Waals surface area contributed by atoms with Gasteiger partial charge in [0.15, 0.2) is 0 Å². The largest absolute Gasteiger partial charge is 0.550 e. The molecule has 0 unspecified atom stereocenters. The first-order valence-corrected chi connectivity index (χ1v) is 13.1. The Labute approximate surface area is 219 Å². The van der Waals surface area contributed by atoms with E-state index in [1.54, 1.807) is 30.3 Å². The first-order valence-electron chi connectivity index (χ1n) is 11.6. The van der Waals surface area contributed by atoms with Crippen LogP contribution in [-0.2, 0) is 42.1 Å². The number of amidine groups is 1. The molecule has 0 radical (unpaired) electrons. The van der Waals surface area contributed by atoms with Crippen LogP contribution in [-0.4, -0.2) is 62.9 Å². The fourth-order valence-electron chi connectivity index (χ4n) is 3.66. The number of carboxylic acid groups (broad SMARTS) is 1. The molecule has 2 aromatic carbocycles. The van der Waals surface area contributed by atoms with E-state index >= 15 is 0 Å². The predicted octanol–water partition coefficient (Wildman–Crippen LogP) is -3.03. The Kier molecular flexibility index (Phi) is 9.39. The molecule has 0 spiro atoms. The van der Waals surface area contributed by atoms with Crippen LogP contribution in [0.2, 0.25) is 0 Å². The van der Waals surface area contributed by atoms with E-state index < -0.39 is 33.9 Å². The molecule has 4 rings (SSSR count). The summed E-state index contributed by atoms with van der Waals surface area (Å²) in [5, 5.41) is 18.1. The number of amides is 2. The Balaban J connectivity index is 0.000000934. The molecule has 2 aromatic rings. The van der Waals surface area contributed by atoms with Crippen LogP contribution in [0.4, 0.5) is 0 Å². The number of carbonyl (C=O) groups excluding carboxylic acids is 3. The molecule has 2 aliphatic rings. The van der Waals surface area contributed by atoms with Gasteiger partial charge in [-0.15, -0.1) is 4.83 Å². The van der Waals surface area contributed by atoms with Crippen LogP contribution < -0.4 is 31.1 Å². The summed E-state index contributed by atoms with van der Waals surface area (Å²) in [5.41, 5.74) is 7.84. The van der Waals surface area contributed by atoms with Gasteiger partial charge in [0.05, 0.1) is 36.6 Å². The molecule has 0 bridgehead atoms. The molecular formula is C24H29N5O8S. The number of rotatable bonds is 8. The van der Waals surface area contributed by atoms with Gasteiger partial charge in [-0.3, -0.25) is 25.7 Å². The molecule has 0 aromatic heterocycles. The monoisotopic (exact) mass is 547 g/mol. The van der Waals surface area contributed by atoms with Crippen molar-refractivity contribution in [2.24, 2.45) is 5.73 Å². The van der Waals surface area contributed by atoms with E-state index in [0.29, 0.717) is 24.3 Å². The van der Waals surface area contributed by atoms with E-state index in [1.807, 2.05) is 0 Å². The van der Waals surface area contributed by atoms with Gasteiger partial charge in [0, 0.05) is 18.9 Å². The second-order valence-electron chi connectivity index (χ2n) is 8.44. The zero-order valence-corrected chi connectivity index (χ0v) is 21.5. The minimum atomic E-state index is -4.00. The maximum atomic E-state index is 12.8. The highest BCUT2D eigenvalue weighted by Gasteiger charge is 2.34. The average molecular weight is 548 g/mol. The zero-order valence-electron chi connectivity index (χ0n) is 20.6. The zero-order chi connectivity index (χ0) is 27.9. The number of hydrogen-bond donors (Lipinski definition) is 4. The van der Waals surface area contributed by atoms with Crippen molar-refractivity contribution in [2.45, 2.75) is 37.3 Å². The summed E-state index contributed by atoms with van der Waals surface area (Å²) in [6.07, 6.45) is -0.718. The van der Waals surface area contributed by atoms with Crippen LogP contribution in [0.3, 0.4) is 0 Å². The van der Waals surface area contributed by atoms with Crippen molar-refractivity contribution < 1.29 is 42.8 Å². The number of carboxylic acids is 1. The number of benzene rings is 2. The fraction of sp³-hybridized carbons (Fsp3) is 0.333. The van der Waals surface area contributed by atoms with Crippen molar-refractivity contribution in [3.63, 3.8) is 0 Å². The van der Waals surface area contributed by atoms with E-state index in [0.717, 1.165) is 23.1 Å². The van der Waals surface area contributed by atoms with Crippen LogP contribution in [0.5, 0.6) is 5.75 Å². The third-order valence-corrected chi connectivity index (χ3v) is 6.86. The minimum Gasteiger partial charge on any atom is -0.550 e. The van der Waals surface area contributed by atoms with Crippen molar-refractivity contribution in [3.05, 3.63) is 59.2 Å². The highest BCUT2D eigenvalue weighted by molar-refractivity contribution is 7.89. The van der Waals surface area contributed by atoms with Gasteiger partial charge in [-0.05, 0) is 48.4 Å². The first kappa shape index (κ1) is 28.6. The van der Waals surface area contributed by atoms with Crippen LogP contribution in [0, 0.1) is 0 Å². The van der Waals surface area contributed by atoms with Crippen molar-refractivity contribution >= 4 is 33.6 Å². The van der Waals surface area contributed by atoms with Gasteiger partial charge in [-0.2, -0.15) is 0 Å². The van der Waals surface area contributed by atoms with Crippen molar-refractivity contribution in [1.82, 2.24) is 15.2 Å². The van der Waals surface area contributed by atoms with Gasteiger partial charge in [0.2, 0.25) is 5.91 Å². The summed E-state index contributed by atoms with van der Waals surface area (Å²) in [5.74, 6) is -1.26. The molecule has 13 nitrogen and oxygen atoms in total. The van der Waals surface area contributed by atoms with Crippen LogP contribution >= 0.6 is 0 Å². The van der Waals surface area contributed by atoms with Crippen LogP contribution in [0.15, 0.2) is 47.4 Å². The molecular weight excluding hydrogens is 518 g/mol. The number of morpholine rings is 1. The molecule has 0 saturated carbocycles. The number of carbonyl (C=O) groups is 3. The molecule has 38 heavy (non-hydrogen) atoms. The molecule has 1 fully saturated rings. The van der Waals surface area contributed by atoms with Crippen molar-refractivity contribution in [2.75, 3.05) is 19.8 Å². The van der Waals surface area contributed by atoms with E-state index in [9.17, 15) is 18.0 Å². The number of fused-ring (bicyclic) bond motifs is 1. The lowest BCUT2D eigenvalue weighted by Crippen LogP contribution is -2.56. The Hall–Kier alpha value is -4.01. The van der Waals surface area contributed by atoms with Gasteiger partial charge in [0.25, 0.3) is 21.8 Å². The molecule has 2 aliphatic heterocycles. The minimum absolute atomic E-state index is 0.0257. The normalized spacial score (nSPS) is 16.5. The SMILES string of the molecule is CC(=O)[O-].NC(=[NH2+])c1ccc(CNC(=O)C[C@@H]2OCCN(NS(=O)(=O)c3ccc4c(c3)CCO4)C2=O)cc1. The molecule has 2 amide bonds. The van der Waals surface area contributed by atoms with Crippen LogP contribution in [0.25, 0.3) is 0 Å². The Morgan fingerprint density at radius 2 is 1.87 bits per heavy atom. The van der Waals surface area contributed by atoms with Gasteiger partial charge in [-0.1, -0.05) is 12.1 Å². The summed E-state index contributed by atoms with van der Waals surface area (Å²) in [6, 6.07) is 11.6. The third kappa shape index (κ3) is 7.74. The standard InChI is InChI=1S/C22H25N5O6S.C2H4O2/c23-21(24)15-3-1-14(2-4-15)13-25-20(28)12-19-22(29)27(8-10-33-19)26-34(30,31)17-5-6-18-16(11-17)7-9-32-18;1-2(3)4/h1-6,11,19,26H,7-10,12-13H2,(H3,23,24)(H,25,28);1H3,(H,3,4)/t19-;/m0./s1. The third-order valence-electron chi connectivity index (χ3n) is 5.52. The van der Waals surface area contributed by atoms with Crippen molar-refractivity contribution in [1.29, 1.82) is 0 Å². The lowest BCUT2D eigenvalue weighted by atomic mass is 10.1. The number of ether oxygens (including phenoxy) is 2. The number of aliphatic carboxylic acids is 1. The highest BCUT2D eigenvalue weighted by Crippen LogP contribution is 2.27. The Morgan fingerprint density at radius 1 is 1.18 bits per heavy atom. The molecule has 6 N–H and O–H groups in total. The molecule has 0 aliphatic carbocycles. The van der Waals surface area contributed by atoms with Crippen LogP contribution in [0.1, 0.15) is 30.0 Å². The molecule has 14 heteroatoms. The number of hydrazine groups is 1. The second-order valence-corrected chi connectivity index (χ2v) is 10.1. The fourth-order valence-corrected chi connectivity index (χ4v) is 4.78. The molecule has 1 atom stereocenters. The lowest BCUT2D eigenvalue weighted by molar-refractivity contribution is -0.302. The van der Waals surface area contributed by atoms with E-state index in [2.05, 4.69) is 10.1 Å². The van der Waals surface area contributed by atoms with E-state index in [4.69, 9.17) is 30.5 Å². The highest BCUT2D eigenvalue weighted by atomic mass is 32.2. The van der Waals surface area contributed by atoms with Gasteiger partial charge >= 0.3 is 0 Å². The topological polar surface area (TPSA) is 206 Å². The summed E-state index contributed by atoms with van der Waals surface area (Å²) in [6.45, 7) is 1.83. The summed E-state index contributed by atoms with van der Waals surface area (Å²) >= 11 is 0. The number of nitrogens with two attached hydrogens (primary N) is 2. The molecule has 1 saturated heterocycles. The Bertz CT molecular complexity index is 1310. The number of nitrogens with zero attached hydrogens (tertiary/aromatic N) is 1. The number of nitrogens with one attached hydrogen (secondary N) is 2. The van der Waals surface area contributed by atoms with E-state index in [-0.39, 0.29) is 36.8 Å². The lowest BCUT2D eigenvalue weighted by Gasteiger charge is -2.32. The van der Waals surface area contributed by atoms with Gasteiger partial charge < -0.3 is 24.7 Å². The maximum absolute atomic E-state index is 12.8. The number of sulfonamides is 1. The number of hydrogen-bond acceptors (Lipinski definition) is 8.